The van der Waals surface area contributed by atoms with Gasteiger partial charge in [0, 0.05) is 0 Å². The Balaban J connectivity index is 2.17. The SMILES string of the molecule is CCC(C)OC1CCC(C)CC1. The molecule has 1 fully saturated rings. The zero-order chi connectivity index (χ0) is 8.97. The molecule has 0 bridgehead atoms. The predicted octanol–water partition coefficient (Wildman–Crippen LogP) is 3.38. The van der Waals surface area contributed by atoms with Crippen LogP contribution in [0.25, 0.3) is 0 Å². The van der Waals surface area contributed by atoms with Gasteiger partial charge in [0.2, 0.25) is 0 Å². The van der Waals surface area contributed by atoms with E-state index in [4.69, 9.17) is 4.74 Å². The molecule has 1 nitrogen and oxygen atoms in total. The fraction of sp³-hybridized carbons (Fsp3) is 1.00. The predicted molar refractivity (Wildman–Crippen MR) is 52.3 cm³/mol. The van der Waals surface area contributed by atoms with Crippen LogP contribution >= 0.6 is 0 Å². The van der Waals surface area contributed by atoms with E-state index in [0.717, 1.165) is 12.3 Å². The lowest BCUT2D eigenvalue weighted by atomic mass is 9.89. The summed E-state index contributed by atoms with van der Waals surface area (Å²) in [6.07, 6.45) is 7.46. The fourth-order valence-electron chi connectivity index (χ4n) is 1.79. The molecule has 0 heterocycles. The minimum Gasteiger partial charge on any atom is -0.375 e. The van der Waals surface area contributed by atoms with Crippen LogP contribution in [0.4, 0.5) is 0 Å². The summed E-state index contributed by atoms with van der Waals surface area (Å²) in [5.74, 6) is 0.932. The molecule has 1 aliphatic rings. The maximum atomic E-state index is 5.89. The van der Waals surface area contributed by atoms with Crippen LogP contribution in [0.2, 0.25) is 0 Å². The van der Waals surface area contributed by atoms with E-state index in [-0.39, 0.29) is 0 Å². The van der Waals surface area contributed by atoms with Crippen molar-refractivity contribution in [2.24, 2.45) is 5.92 Å². The van der Waals surface area contributed by atoms with Crippen molar-refractivity contribution >= 4 is 0 Å². The molecule has 0 aromatic heterocycles. The molecule has 1 unspecified atom stereocenters. The topological polar surface area (TPSA) is 9.23 Å². The molecule has 0 amide bonds. The van der Waals surface area contributed by atoms with E-state index in [2.05, 4.69) is 20.8 Å². The lowest BCUT2D eigenvalue weighted by molar-refractivity contribution is -0.0280. The first-order valence-electron chi connectivity index (χ1n) is 5.37. The van der Waals surface area contributed by atoms with Crippen molar-refractivity contribution in [3.05, 3.63) is 0 Å². The average Bonchev–Trinajstić information content (AvgIpc) is 2.09. The van der Waals surface area contributed by atoms with Crippen LogP contribution in [0, 0.1) is 5.92 Å². The number of hydrogen-bond donors (Lipinski definition) is 0. The van der Waals surface area contributed by atoms with E-state index >= 15 is 0 Å². The Kier molecular flexibility index (Phi) is 4.07. The zero-order valence-corrected chi connectivity index (χ0v) is 8.68. The van der Waals surface area contributed by atoms with Gasteiger partial charge >= 0.3 is 0 Å². The van der Waals surface area contributed by atoms with E-state index in [0.29, 0.717) is 12.2 Å². The van der Waals surface area contributed by atoms with Gasteiger partial charge in [-0.1, -0.05) is 13.8 Å². The Morgan fingerprint density at radius 1 is 1.25 bits per heavy atom. The summed E-state index contributed by atoms with van der Waals surface area (Å²) >= 11 is 0. The van der Waals surface area contributed by atoms with E-state index in [1.807, 2.05) is 0 Å². The Labute approximate surface area is 76.5 Å². The lowest BCUT2D eigenvalue weighted by Crippen LogP contribution is -2.24. The molecule has 1 atom stereocenters. The summed E-state index contributed by atoms with van der Waals surface area (Å²) in [7, 11) is 0. The molecule has 1 saturated carbocycles. The van der Waals surface area contributed by atoms with Gasteiger partial charge in [-0.2, -0.15) is 0 Å². The van der Waals surface area contributed by atoms with Crippen molar-refractivity contribution < 1.29 is 4.74 Å². The van der Waals surface area contributed by atoms with Gasteiger partial charge in [0.15, 0.2) is 0 Å². The molecular formula is C11H22O. The van der Waals surface area contributed by atoms with Gasteiger partial charge in [0.1, 0.15) is 0 Å². The average molecular weight is 170 g/mol. The zero-order valence-electron chi connectivity index (χ0n) is 8.68. The summed E-state index contributed by atoms with van der Waals surface area (Å²) in [5.41, 5.74) is 0. The highest BCUT2D eigenvalue weighted by molar-refractivity contribution is 4.70. The van der Waals surface area contributed by atoms with Crippen molar-refractivity contribution in [1.82, 2.24) is 0 Å². The van der Waals surface area contributed by atoms with Crippen LogP contribution in [0.5, 0.6) is 0 Å². The van der Waals surface area contributed by atoms with Crippen molar-refractivity contribution in [1.29, 1.82) is 0 Å². The number of rotatable bonds is 3. The smallest absolute Gasteiger partial charge is 0.0579 e. The third-order valence-corrected chi connectivity index (χ3v) is 2.96. The maximum Gasteiger partial charge on any atom is 0.0579 e. The second kappa shape index (κ2) is 4.86. The molecule has 1 heteroatoms. The van der Waals surface area contributed by atoms with Crippen molar-refractivity contribution in [2.75, 3.05) is 0 Å². The van der Waals surface area contributed by atoms with Crippen molar-refractivity contribution in [3.8, 4) is 0 Å². The molecule has 0 N–H and O–H groups in total. The van der Waals surface area contributed by atoms with Crippen molar-refractivity contribution in [2.45, 2.75) is 65.1 Å². The van der Waals surface area contributed by atoms with Crippen LogP contribution in [0.3, 0.4) is 0 Å². The van der Waals surface area contributed by atoms with Crippen LogP contribution in [0.15, 0.2) is 0 Å². The van der Waals surface area contributed by atoms with Gasteiger partial charge in [-0.15, -0.1) is 0 Å². The molecule has 0 aromatic rings. The van der Waals surface area contributed by atoms with E-state index in [1.165, 1.54) is 25.7 Å². The molecule has 0 saturated heterocycles. The first-order valence-corrected chi connectivity index (χ1v) is 5.37. The molecule has 0 aromatic carbocycles. The summed E-state index contributed by atoms with van der Waals surface area (Å²) in [6, 6.07) is 0. The normalized spacial score (nSPS) is 33.2. The minimum atomic E-state index is 0.461. The van der Waals surface area contributed by atoms with E-state index in [1.54, 1.807) is 0 Å². The molecule has 0 radical (unpaired) electrons. The van der Waals surface area contributed by atoms with Gasteiger partial charge in [-0.05, 0) is 44.9 Å². The van der Waals surface area contributed by atoms with Crippen molar-refractivity contribution in [3.63, 3.8) is 0 Å². The Morgan fingerprint density at radius 2 is 1.83 bits per heavy atom. The second-order valence-electron chi connectivity index (χ2n) is 4.24. The molecule has 72 valence electrons. The first kappa shape index (κ1) is 10.0. The Hall–Kier alpha value is -0.0400. The van der Waals surface area contributed by atoms with Crippen LogP contribution in [-0.2, 0) is 4.74 Å². The van der Waals surface area contributed by atoms with Gasteiger partial charge in [-0.25, -0.2) is 0 Å². The third kappa shape index (κ3) is 3.14. The first-order chi connectivity index (χ1) is 5.72. The highest BCUT2D eigenvalue weighted by atomic mass is 16.5. The van der Waals surface area contributed by atoms with Gasteiger partial charge < -0.3 is 4.74 Å². The summed E-state index contributed by atoms with van der Waals surface area (Å²) in [5, 5.41) is 0. The van der Waals surface area contributed by atoms with Gasteiger partial charge in [0.05, 0.1) is 12.2 Å². The van der Waals surface area contributed by atoms with Gasteiger partial charge in [0.25, 0.3) is 0 Å². The molecule has 0 spiro atoms. The Morgan fingerprint density at radius 3 is 2.33 bits per heavy atom. The highest BCUT2D eigenvalue weighted by Gasteiger charge is 2.19. The molecular weight excluding hydrogens is 148 g/mol. The Bertz CT molecular complexity index is 114. The standard InChI is InChI=1S/C11H22O/c1-4-10(3)12-11-7-5-9(2)6-8-11/h9-11H,4-8H2,1-3H3. The van der Waals surface area contributed by atoms with Crippen LogP contribution < -0.4 is 0 Å². The maximum absolute atomic E-state index is 5.89. The third-order valence-electron chi connectivity index (χ3n) is 2.96. The minimum absolute atomic E-state index is 0.461. The molecule has 1 rings (SSSR count). The fourth-order valence-corrected chi connectivity index (χ4v) is 1.79. The van der Waals surface area contributed by atoms with Crippen LogP contribution in [-0.4, -0.2) is 12.2 Å². The summed E-state index contributed by atoms with van der Waals surface area (Å²) in [6.45, 7) is 6.72. The number of ether oxygens (including phenoxy) is 1. The summed E-state index contributed by atoms with van der Waals surface area (Å²) in [4.78, 5) is 0. The second-order valence-corrected chi connectivity index (χ2v) is 4.24. The highest BCUT2D eigenvalue weighted by Crippen LogP contribution is 2.26. The molecule has 12 heavy (non-hydrogen) atoms. The van der Waals surface area contributed by atoms with E-state index in [9.17, 15) is 0 Å². The molecule has 1 aliphatic carbocycles. The quantitative estimate of drug-likeness (QED) is 0.631. The largest absolute Gasteiger partial charge is 0.375 e. The lowest BCUT2D eigenvalue weighted by Gasteiger charge is -2.28. The monoisotopic (exact) mass is 170 g/mol. The van der Waals surface area contributed by atoms with E-state index < -0.39 is 0 Å². The molecule has 0 aliphatic heterocycles. The summed E-state index contributed by atoms with van der Waals surface area (Å²) < 4.78 is 5.89. The number of hydrogen-bond acceptors (Lipinski definition) is 1. The van der Waals surface area contributed by atoms with Crippen LogP contribution in [0.1, 0.15) is 52.9 Å². The van der Waals surface area contributed by atoms with Gasteiger partial charge in [-0.3, -0.25) is 0 Å².